The van der Waals surface area contributed by atoms with Crippen LogP contribution in [-0.2, 0) is 26.4 Å². The molecule has 0 bridgehead atoms. The van der Waals surface area contributed by atoms with E-state index >= 15 is 0 Å². The lowest BCUT2D eigenvalue weighted by Gasteiger charge is -2.36. The summed E-state index contributed by atoms with van der Waals surface area (Å²) >= 11 is 0. The molecule has 1 aliphatic heterocycles. The zero-order chi connectivity index (χ0) is 19.4. The Morgan fingerprint density at radius 2 is 1.75 bits per heavy atom. The first-order valence-corrected chi connectivity index (χ1v) is 9.62. The van der Waals surface area contributed by atoms with E-state index in [1.807, 2.05) is 23.9 Å². The number of aliphatic imine (C=N–C) groups is 1. The van der Waals surface area contributed by atoms with Gasteiger partial charge < -0.3 is 15.5 Å². The van der Waals surface area contributed by atoms with Crippen LogP contribution in [0.3, 0.4) is 0 Å². The van der Waals surface area contributed by atoms with E-state index < -0.39 is 0 Å². The van der Waals surface area contributed by atoms with Gasteiger partial charge in [0.25, 0.3) is 0 Å². The first kappa shape index (κ1) is 22.4. The molecule has 8 heteroatoms. The highest BCUT2D eigenvalue weighted by molar-refractivity contribution is 14.0. The molecule has 0 amide bonds. The lowest BCUT2D eigenvalue weighted by atomic mass is 10.1. The van der Waals surface area contributed by atoms with Gasteiger partial charge in [0, 0.05) is 50.2 Å². The zero-order valence-corrected chi connectivity index (χ0v) is 19.2. The van der Waals surface area contributed by atoms with Crippen LogP contribution in [0, 0.1) is 5.82 Å². The summed E-state index contributed by atoms with van der Waals surface area (Å²) in [7, 11) is 1.99. The Kier molecular flexibility index (Phi) is 8.09. The van der Waals surface area contributed by atoms with Crippen molar-refractivity contribution in [1.82, 2.24) is 14.7 Å². The summed E-state index contributed by atoms with van der Waals surface area (Å²) in [6.07, 6.45) is 1.83. The SMILES string of the molecule is CCc1nn(C)c(CC)c1CN=C(N)N1CCN(c2ccc(F)cc2)CC1.I. The molecule has 1 fully saturated rings. The second-order valence-corrected chi connectivity index (χ2v) is 6.83. The molecule has 1 aromatic carbocycles. The van der Waals surface area contributed by atoms with Gasteiger partial charge in [-0.15, -0.1) is 24.0 Å². The van der Waals surface area contributed by atoms with Crippen LogP contribution >= 0.6 is 24.0 Å². The van der Waals surface area contributed by atoms with E-state index in [2.05, 4.69) is 33.7 Å². The number of nitrogens with zero attached hydrogens (tertiary/aromatic N) is 5. The Hall–Kier alpha value is -1.84. The normalized spacial score (nSPS) is 14.9. The predicted molar refractivity (Wildman–Crippen MR) is 123 cm³/mol. The number of aromatic nitrogens is 2. The van der Waals surface area contributed by atoms with Crippen molar-refractivity contribution in [3.63, 3.8) is 0 Å². The second-order valence-electron chi connectivity index (χ2n) is 6.83. The molecular formula is C20H30FIN6. The van der Waals surface area contributed by atoms with E-state index in [1.54, 1.807) is 0 Å². The fraction of sp³-hybridized carbons (Fsp3) is 0.500. The largest absolute Gasteiger partial charge is 0.370 e. The van der Waals surface area contributed by atoms with Gasteiger partial charge in [-0.1, -0.05) is 13.8 Å². The lowest BCUT2D eigenvalue weighted by Crippen LogP contribution is -2.51. The third-order valence-corrected chi connectivity index (χ3v) is 5.22. The molecule has 1 aliphatic rings. The van der Waals surface area contributed by atoms with Crippen LogP contribution in [-0.4, -0.2) is 46.8 Å². The summed E-state index contributed by atoms with van der Waals surface area (Å²) in [6.45, 7) is 8.13. The van der Waals surface area contributed by atoms with Crippen molar-refractivity contribution >= 4 is 35.6 Å². The number of rotatable bonds is 5. The Labute approximate surface area is 183 Å². The van der Waals surface area contributed by atoms with Crippen molar-refractivity contribution in [2.75, 3.05) is 31.1 Å². The van der Waals surface area contributed by atoms with E-state index in [0.29, 0.717) is 12.5 Å². The molecular weight excluding hydrogens is 470 g/mol. The summed E-state index contributed by atoms with van der Waals surface area (Å²) in [6, 6.07) is 6.65. The Morgan fingerprint density at radius 3 is 2.32 bits per heavy atom. The third-order valence-electron chi connectivity index (χ3n) is 5.22. The minimum absolute atomic E-state index is 0. The quantitative estimate of drug-likeness (QED) is 0.390. The smallest absolute Gasteiger partial charge is 0.191 e. The lowest BCUT2D eigenvalue weighted by molar-refractivity contribution is 0.380. The maximum atomic E-state index is 13.1. The highest BCUT2D eigenvalue weighted by Gasteiger charge is 2.19. The van der Waals surface area contributed by atoms with Crippen molar-refractivity contribution in [2.45, 2.75) is 33.2 Å². The molecule has 3 rings (SSSR count). The molecule has 28 heavy (non-hydrogen) atoms. The Morgan fingerprint density at radius 1 is 1.11 bits per heavy atom. The van der Waals surface area contributed by atoms with Gasteiger partial charge in [0.1, 0.15) is 5.82 Å². The average molecular weight is 500 g/mol. The molecule has 0 unspecified atom stereocenters. The fourth-order valence-electron chi connectivity index (χ4n) is 3.68. The maximum absolute atomic E-state index is 13.1. The molecule has 0 atom stereocenters. The summed E-state index contributed by atoms with van der Waals surface area (Å²) in [4.78, 5) is 9.02. The van der Waals surface area contributed by atoms with E-state index in [4.69, 9.17) is 5.73 Å². The topological polar surface area (TPSA) is 62.7 Å². The minimum atomic E-state index is -0.206. The summed E-state index contributed by atoms with van der Waals surface area (Å²) < 4.78 is 15.1. The molecule has 2 heterocycles. The van der Waals surface area contributed by atoms with Crippen molar-refractivity contribution < 1.29 is 4.39 Å². The second kappa shape index (κ2) is 10.1. The standard InChI is InChI=1S/C20H29FN6.HI/c1-4-18-17(19(5-2)25(3)24-18)14-23-20(22)27-12-10-26(11-13-27)16-8-6-15(21)7-9-16;/h6-9H,4-5,10-14H2,1-3H3,(H2,22,23);1H. The minimum Gasteiger partial charge on any atom is -0.370 e. The number of nitrogens with two attached hydrogens (primary N) is 1. The van der Waals surface area contributed by atoms with Crippen molar-refractivity contribution in [3.8, 4) is 0 Å². The van der Waals surface area contributed by atoms with Crippen LogP contribution in [0.4, 0.5) is 10.1 Å². The third kappa shape index (κ3) is 4.95. The van der Waals surface area contributed by atoms with Gasteiger partial charge in [-0.05, 0) is 37.1 Å². The summed E-state index contributed by atoms with van der Waals surface area (Å²) in [5.41, 5.74) is 10.8. The number of anilines is 1. The number of halogens is 2. The Bertz CT molecular complexity index is 794. The first-order valence-electron chi connectivity index (χ1n) is 9.62. The monoisotopic (exact) mass is 500 g/mol. The van der Waals surface area contributed by atoms with Crippen LogP contribution in [0.2, 0.25) is 0 Å². The molecule has 1 aromatic heterocycles. The summed E-state index contributed by atoms with van der Waals surface area (Å²) in [5.74, 6) is 0.378. The molecule has 0 saturated carbocycles. The number of guanidine groups is 1. The number of piperazine rings is 1. The average Bonchev–Trinajstić information content (AvgIpc) is 3.01. The molecule has 1 saturated heterocycles. The van der Waals surface area contributed by atoms with Gasteiger partial charge in [0.2, 0.25) is 0 Å². The first-order chi connectivity index (χ1) is 13.0. The van der Waals surface area contributed by atoms with Crippen LogP contribution in [0.5, 0.6) is 0 Å². The Balaban J connectivity index is 0.00000280. The highest BCUT2D eigenvalue weighted by Crippen LogP contribution is 2.18. The molecule has 0 spiro atoms. The van der Waals surface area contributed by atoms with Crippen LogP contribution in [0.25, 0.3) is 0 Å². The van der Waals surface area contributed by atoms with Gasteiger partial charge in [-0.2, -0.15) is 5.10 Å². The van der Waals surface area contributed by atoms with Crippen LogP contribution < -0.4 is 10.6 Å². The van der Waals surface area contributed by atoms with Gasteiger partial charge >= 0.3 is 0 Å². The maximum Gasteiger partial charge on any atom is 0.191 e. The van der Waals surface area contributed by atoms with E-state index in [1.165, 1.54) is 23.4 Å². The van der Waals surface area contributed by atoms with Gasteiger partial charge in [0.15, 0.2) is 5.96 Å². The van der Waals surface area contributed by atoms with E-state index in [9.17, 15) is 4.39 Å². The summed E-state index contributed by atoms with van der Waals surface area (Å²) in [5, 5.41) is 4.60. The number of aryl methyl sites for hydroxylation is 2. The molecule has 0 aliphatic carbocycles. The number of benzene rings is 1. The van der Waals surface area contributed by atoms with Crippen molar-refractivity contribution in [2.24, 2.45) is 17.8 Å². The van der Waals surface area contributed by atoms with E-state index in [-0.39, 0.29) is 29.8 Å². The van der Waals surface area contributed by atoms with Crippen molar-refractivity contribution in [3.05, 3.63) is 47.0 Å². The number of hydrogen-bond donors (Lipinski definition) is 1. The molecule has 154 valence electrons. The van der Waals surface area contributed by atoms with Gasteiger partial charge in [0.05, 0.1) is 12.2 Å². The zero-order valence-electron chi connectivity index (χ0n) is 16.9. The predicted octanol–water partition coefficient (Wildman–Crippen LogP) is 2.94. The fourth-order valence-corrected chi connectivity index (χ4v) is 3.68. The van der Waals surface area contributed by atoms with Gasteiger partial charge in [-0.25, -0.2) is 9.38 Å². The number of hydrogen-bond acceptors (Lipinski definition) is 3. The van der Waals surface area contributed by atoms with Crippen LogP contribution in [0.15, 0.2) is 29.3 Å². The van der Waals surface area contributed by atoms with Gasteiger partial charge in [-0.3, -0.25) is 4.68 Å². The van der Waals surface area contributed by atoms with Crippen LogP contribution in [0.1, 0.15) is 30.8 Å². The highest BCUT2D eigenvalue weighted by atomic mass is 127. The molecule has 0 radical (unpaired) electrons. The van der Waals surface area contributed by atoms with E-state index in [0.717, 1.165) is 50.4 Å². The van der Waals surface area contributed by atoms with Crippen molar-refractivity contribution in [1.29, 1.82) is 0 Å². The molecule has 6 nitrogen and oxygen atoms in total. The molecule has 2 N–H and O–H groups in total. The molecule has 2 aromatic rings.